The van der Waals surface area contributed by atoms with Gasteiger partial charge < -0.3 is 39.4 Å². The van der Waals surface area contributed by atoms with E-state index in [9.17, 15) is 9.59 Å². The van der Waals surface area contributed by atoms with Gasteiger partial charge in [-0.15, -0.1) is 0 Å². The molecule has 0 radical (unpaired) electrons. The zero-order valence-corrected chi connectivity index (χ0v) is 29.2. The monoisotopic (exact) mass is 643 g/mol. The summed E-state index contributed by atoms with van der Waals surface area (Å²) in [5.74, 6) is 0.641. The molecule has 260 valence electrons. The molecule has 1 heterocycles. The van der Waals surface area contributed by atoms with Crippen LogP contribution in [0.4, 0.5) is 0 Å². The van der Waals surface area contributed by atoms with Crippen LogP contribution >= 0.6 is 0 Å². The first kappa shape index (κ1) is 46.3. The summed E-state index contributed by atoms with van der Waals surface area (Å²) in [4.78, 5) is 40.6. The summed E-state index contributed by atoms with van der Waals surface area (Å²) in [5.41, 5.74) is 2.57. The fraction of sp³-hybridized carbons (Fsp3) is 0.459. The Morgan fingerprint density at radius 2 is 1.48 bits per heavy atom. The molecule has 1 amide bonds. The molecule has 2 aromatic carbocycles. The van der Waals surface area contributed by atoms with Crippen molar-refractivity contribution in [2.24, 2.45) is 5.92 Å². The van der Waals surface area contributed by atoms with Gasteiger partial charge in [0.1, 0.15) is 19.4 Å². The maximum Gasteiger partial charge on any atom is 0.261 e. The number of morpholine rings is 1. The Hall–Kier alpha value is -4.08. The zero-order valence-electron chi connectivity index (χ0n) is 29.2. The highest BCUT2D eigenvalue weighted by atomic mass is 16.5. The molecule has 1 aliphatic rings. The third-order valence-corrected chi connectivity index (χ3v) is 5.99. The lowest BCUT2D eigenvalue weighted by Crippen LogP contribution is -2.40. The van der Waals surface area contributed by atoms with Crippen molar-refractivity contribution in [3.05, 3.63) is 96.4 Å². The largest absolute Gasteiger partial charge is 0.466 e. The van der Waals surface area contributed by atoms with Crippen LogP contribution in [0, 0.1) is 5.92 Å². The molecule has 2 N–H and O–H groups in total. The first-order chi connectivity index (χ1) is 22.4. The van der Waals surface area contributed by atoms with Crippen LogP contribution in [0.15, 0.2) is 85.3 Å². The summed E-state index contributed by atoms with van der Waals surface area (Å²) < 4.78 is 11.1. The second-order valence-corrected chi connectivity index (χ2v) is 9.38. The zero-order chi connectivity index (χ0) is 35.4. The van der Waals surface area contributed by atoms with Crippen molar-refractivity contribution in [1.82, 2.24) is 15.5 Å². The lowest BCUT2D eigenvalue weighted by molar-refractivity contribution is -0.131. The molecule has 0 aromatic heterocycles. The van der Waals surface area contributed by atoms with Gasteiger partial charge in [-0.1, -0.05) is 101 Å². The highest BCUT2D eigenvalue weighted by molar-refractivity contribution is 5.80. The number of benzene rings is 2. The molecule has 0 spiro atoms. The van der Waals surface area contributed by atoms with Gasteiger partial charge >= 0.3 is 0 Å². The van der Waals surface area contributed by atoms with Gasteiger partial charge in [-0.2, -0.15) is 0 Å². The molecular weight excluding hydrogens is 582 g/mol. The molecule has 0 unspecified atom stereocenters. The molecule has 46 heavy (non-hydrogen) atoms. The normalized spacial score (nSPS) is 12.5. The molecule has 9 heteroatoms. The molecule has 3 rings (SSSR count). The molecule has 0 bridgehead atoms. The number of carbonyl (C=O) groups excluding carboxylic acids is 4. The van der Waals surface area contributed by atoms with Gasteiger partial charge in [0, 0.05) is 40.4 Å². The number of nitrogens with zero attached hydrogens (tertiary/aromatic N) is 1. The molecule has 2 atom stereocenters. The average Bonchev–Trinajstić information content (AvgIpc) is 3.12. The van der Waals surface area contributed by atoms with Gasteiger partial charge in [-0.25, -0.2) is 0 Å². The highest BCUT2D eigenvalue weighted by Crippen LogP contribution is 2.13. The van der Waals surface area contributed by atoms with Crippen molar-refractivity contribution >= 4 is 25.3 Å². The second-order valence-electron chi connectivity index (χ2n) is 9.38. The highest BCUT2D eigenvalue weighted by Gasteiger charge is 2.21. The Morgan fingerprint density at radius 3 is 1.89 bits per heavy atom. The van der Waals surface area contributed by atoms with Crippen molar-refractivity contribution in [2.75, 3.05) is 40.4 Å². The van der Waals surface area contributed by atoms with Gasteiger partial charge in [0.15, 0.2) is 12.0 Å². The van der Waals surface area contributed by atoms with Gasteiger partial charge in [-0.3, -0.25) is 4.79 Å². The smallest absolute Gasteiger partial charge is 0.261 e. The van der Waals surface area contributed by atoms with Crippen LogP contribution in [-0.2, 0) is 41.6 Å². The topological polar surface area (TPSA) is 114 Å². The molecule has 2 aromatic rings. The lowest BCUT2D eigenvalue weighted by atomic mass is 10.1. The van der Waals surface area contributed by atoms with Gasteiger partial charge in [-0.05, 0) is 44.5 Å². The van der Waals surface area contributed by atoms with E-state index in [1.54, 1.807) is 7.05 Å². The fourth-order valence-electron chi connectivity index (χ4n) is 3.37. The fourth-order valence-corrected chi connectivity index (χ4v) is 3.37. The van der Waals surface area contributed by atoms with E-state index < -0.39 is 6.10 Å². The molecule has 0 aliphatic carbocycles. The Bertz CT molecular complexity index is 1020. The second kappa shape index (κ2) is 35.4. The van der Waals surface area contributed by atoms with Crippen LogP contribution in [0.3, 0.4) is 0 Å². The molecule has 0 saturated carbocycles. The van der Waals surface area contributed by atoms with E-state index >= 15 is 0 Å². The molecular formula is C37H61N3O6. The lowest BCUT2D eigenvalue weighted by Gasteiger charge is -2.31. The van der Waals surface area contributed by atoms with E-state index in [-0.39, 0.29) is 13.3 Å². The number of hydrogen-bond acceptors (Lipinski definition) is 8. The Kier molecular flexibility index (Phi) is 35.7. The van der Waals surface area contributed by atoms with Crippen LogP contribution in [0.1, 0.15) is 60.0 Å². The predicted molar refractivity (Wildman–Crippen MR) is 191 cm³/mol. The van der Waals surface area contributed by atoms with Gasteiger partial charge in [0.05, 0.1) is 13.2 Å². The Morgan fingerprint density at radius 1 is 0.978 bits per heavy atom. The number of amides is 1. The average molecular weight is 644 g/mol. The number of ether oxygens (including phenoxy) is 2. The maximum absolute atomic E-state index is 12.0. The van der Waals surface area contributed by atoms with E-state index in [4.69, 9.17) is 19.1 Å². The van der Waals surface area contributed by atoms with Gasteiger partial charge in [0.2, 0.25) is 0 Å². The number of rotatable bonds is 12. The van der Waals surface area contributed by atoms with Gasteiger partial charge in [0.25, 0.3) is 5.91 Å². The standard InChI is InChI=1S/C19H26N2O3.C8H11N.C5H10O.C2H4O.C2H6.CH2O.H2/c1-16(21-12-14-23-15-13-21)24-18(19(22)20-2)11-7-6-10-17-8-4-3-5-9-17;1-9-7-8-5-3-2-4-6-8;1-3-5(2)4-6;1-2-3;2*1-2;/h3-9,18H,1,10-15H2,2H3,(H,20,22);2-6,9H,7H2,1H3;4-5H,3H2,1-2H3;2H,1H3;1-2H3;1H2;1H/b7-6-;;;;;;/t18-;;5-;;;;/m0.0..../s1. The number of likely N-dealkylation sites (N-methyl/N-ethyl adjacent to an activating group) is 1. The van der Waals surface area contributed by atoms with Crippen LogP contribution in [0.5, 0.6) is 0 Å². The minimum Gasteiger partial charge on any atom is -0.466 e. The van der Waals surface area contributed by atoms with Crippen molar-refractivity contribution in [3.8, 4) is 0 Å². The predicted octanol–water partition coefficient (Wildman–Crippen LogP) is 6.04. The van der Waals surface area contributed by atoms with Crippen molar-refractivity contribution in [3.63, 3.8) is 0 Å². The SMILES string of the molecule is C=C(O[C@@H](C/C=C\Cc1ccccc1)C(=O)NC)N1CCOCC1.C=O.CC.CC=O.CC[C@H](C)C=O.CNCc1ccccc1.[HH]. The van der Waals surface area contributed by atoms with Crippen molar-refractivity contribution in [2.45, 2.75) is 66.5 Å². The van der Waals surface area contributed by atoms with E-state index in [0.717, 1.165) is 45.0 Å². The van der Waals surface area contributed by atoms with Crippen LogP contribution in [0.2, 0.25) is 0 Å². The summed E-state index contributed by atoms with van der Waals surface area (Å²) in [6, 6.07) is 20.5. The summed E-state index contributed by atoms with van der Waals surface area (Å²) in [6.45, 7) is 19.1. The Labute approximate surface area is 279 Å². The summed E-state index contributed by atoms with van der Waals surface area (Å²) in [5, 5.41) is 5.73. The summed E-state index contributed by atoms with van der Waals surface area (Å²) in [7, 11) is 3.57. The third kappa shape index (κ3) is 26.3. The third-order valence-electron chi connectivity index (χ3n) is 5.99. The van der Waals surface area contributed by atoms with Crippen molar-refractivity contribution < 1.29 is 30.1 Å². The summed E-state index contributed by atoms with van der Waals surface area (Å²) >= 11 is 0. The number of carbonyl (C=O) groups is 4. The van der Waals surface area contributed by atoms with E-state index in [1.807, 2.05) is 88.9 Å². The minimum atomic E-state index is -0.572. The molecule has 1 fully saturated rings. The number of nitrogens with one attached hydrogen (secondary N) is 2. The van der Waals surface area contributed by atoms with Crippen LogP contribution in [0.25, 0.3) is 0 Å². The first-order valence-corrected chi connectivity index (χ1v) is 15.8. The van der Waals surface area contributed by atoms with E-state index in [2.05, 4.69) is 47.6 Å². The molecule has 1 saturated heterocycles. The molecule has 9 nitrogen and oxygen atoms in total. The first-order valence-electron chi connectivity index (χ1n) is 15.8. The Balaban J connectivity index is -0.000000330. The van der Waals surface area contributed by atoms with E-state index in [0.29, 0.717) is 25.5 Å². The maximum atomic E-state index is 12.0. The number of hydrogen-bond donors (Lipinski definition) is 2. The molecule has 1 aliphatic heterocycles. The van der Waals surface area contributed by atoms with E-state index in [1.165, 1.54) is 18.1 Å². The number of aldehydes is 2. The number of allylic oxidation sites excluding steroid dienone is 1. The van der Waals surface area contributed by atoms with Crippen LogP contribution < -0.4 is 10.6 Å². The van der Waals surface area contributed by atoms with Crippen LogP contribution in [-0.4, -0.2) is 76.7 Å². The van der Waals surface area contributed by atoms with Crippen molar-refractivity contribution in [1.29, 1.82) is 0 Å². The summed E-state index contributed by atoms with van der Waals surface area (Å²) in [6.07, 6.45) is 7.51. The minimum absolute atomic E-state index is 0. The quantitative estimate of drug-likeness (QED) is 0.164.